The van der Waals surface area contributed by atoms with Gasteiger partial charge >= 0.3 is 5.97 Å². The van der Waals surface area contributed by atoms with E-state index in [0.717, 1.165) is 13.0 Å². The lowest BCUT2D eigenvalue weighted by Gasteiger charge is -2.14. The van der Waals surface area contributed by atoms with Crippen LogP contribution in [0.2, 0.25) is 5.02 Å². The van der Waals surface area contributed by atoms with Gasteiger partial charge in [0.2, 0.25) is 0 Å². The topological polar surface area (TPSA) is 67.2 Å². The number of carboxylic acid groups (broad SMARTS) is 1. The summed E-state index contributed by atoms with van der Waals surface area (Å²) in [4.78, 5) is 11.4. The first kappa shape index (κ1) is 14.4. The van der Waals surface area contributed by atoms with Gasteiger partial charge in [-0.3, -0.25) is 4.68 Å². The Morgan fingerprint density at radius 2 is 2.35 bits per heavy atom. The molecule has 0 saturated carbocycles. The summed E-state index contributed by atoms with van der Waals surface area (Å²) in [5, 5.41) is 17.0. The summed E-state index contributed by atoms with van der Waals surface area (Å²) in [6.45, 7) is 2.81. The molecule has 1 atom stereocenters. The highest BCUT2D eigenvalue weighted by atomic mass is 35.5. The number of carbonyl (C=O) groups is 1. The van der Waals surface area contributed by atoms with Gasteiger partial charge in [0, 0.05) is 29.0 Å². The average molecular weight is 294 g/mol. The van der Waals surface area contributed by atoms with E-state index in [0.29, 0.717) is 16.3 Å². The fourth-order valence-electron chi connectivity index (χ4n) is 1.91. The van der Waals surface area contributed by atoms with E-state index in [1.165, 1.54) is 0 Å². The number of aliphatic carboxylic acids is 1. The minimum Gasteiger partial charge on any atom is -0.479 e. The lowest BCUT2D eigenvalue weighted by molar-refractivity contribution is -0.138. The summed E-state index contributed by atoms with van der Waals surface area (Å²) in [5.41, 5.74) is 1.28. The van der Waals surface area contributed by atoms with Gasteiger partial charge in [0.15, 0.2) is 6.04 Å². The first-order chi connectivity index (χ1) is 9.60. The molecule has 0 amide bonds. The largest absolute Gasteiger partial charge is 0.479 e. The summed E-state index contributed by atoms with van der Waals surface area (Å²) in [6.07, 6.45) is 4.27. The van der Waals surface area contributed by atoms with Crippen molar-refractivity contribution in [2.45, 2.75) is 25.9 Å². The van der Waals surface area contributed by atoms with Crippen LogP contribution in [0.15, 0.2) is 36.7 Å². The number of carboxylic acids is 1. The summed E-state index contributed by atoms with van der Waals surface area (Å²) >= 11 is 5.90. The highest BCUT2D eigenvalue weighted by Crippen LogP contribution is 2.22. The molecule has 2 aromatic rings. The zero-order chi connectivity index (χ0) is 14.5. The monoisotopic (exact) mass is 293 g/mol. The Bertz CT molecular complexity index is 598. The van der Waals surface area contributed by atoms with Crippen LogP contribution in [-0.2, 0) is 11.3 Å². The molecular weight excluding hydrogens is 278 g/mol. The van der Waals surface area contributed by atoms with Crippen LogP contribution in [0.1, 0.15) is 24.9 Å². The van der Waals surface area contributed by atoms with Crippen molar-refractivity contribution in [2.75, 3.05) is 5.32 Å². The fourth-order valence-corrected chi connectivity index (χ4v) is 2.10. The lowest BCUT2D eigenvalue weighted by Crippen LogP contribution is -2.20. The average Bonchev–Trinajstić information content (AvgIpc) is 2.84. The van der Waals surface area contributed by atoms with E-state index in [4.69, 9.17) is 11.6 Å². The number of halogens is 1. The van der Waals surface area contributed by atoms with Gasteiger partial charge in [-0.15, -0.1) is 0 Å². The van der Waals surface area contributed by atoms with Crippen molar-refractivity contribution in [1.82, 2.24) is 9.78 Å². The van der Waals surface area contributed by atoms with E-state index in [-0.39, 0.29) is 0 Å². The third-order valence-corrected chi connectivity index (χ3v) is 3.06. The molecule has 0 fully saturated rings. The first-order valence-electron chi connectivity index (χ1n) is 6.37. The number of aromatic nitrogens is 2. The van der Waals surface area contributed by atoms with Crippen molar-refractivity contribution in [2.24, 2.45) is 0 Å². The molecule has 0 saturated heterocycles. The standard InChI is InChI=1S/C14H16ClN3O2/c1-2-6-18-9-10(8-16-18)13(14(19)20)17-12-5-3-4-11(15)7-12/h3-5,7-9,13,17H,2,6H2,1H3,(H,19,20). The molecule has 2 N–H and O–H groups in total. The molecule has 1 aromatic carbocycles. The zero-order valence-corrected chi connectivity index (χ0v) is 11.8. The molecule has 2 rings (SSSR count). The van der Waals surface area contributed by atoms with Crippen LogP contribution >= 0.6 is 11.6 Å². The van der Waals surface area contributed by atoms with Gasteiger partial charge in [0.25, 0.3) is 0 Å². The van der Waals surface area contributed by atoms with Gasteiger partial charge < -0.3 is 10.4 Å². The van der Waals surface area contributed by atoms with Crippen LogP contribution in [-0.4, -0.2) is 20.9 Å². The van der Waals surface area contributed by atoms with Crippen LogP contribution in [0, 0.1) is 0 Å². The van der Waals surface area contributed by atoms with Gasteiger partial charge in [0.1, 0.15) is 0 Å². The Morgan fingerprint density at radius 3 is 3.00 bits per heavy atom. The molecule has 6 heteroatoms. The maximum atomic E-state index is 11.4. The van der Waals surface area contributed by atoms with Crippen molar-refractivity contribution >= 4 is 23.3 Å². The summed E-state index contributed by atoms with van der Waals surface area (Å²) in [7, 11) is 0. The third kappa shape index (κ3) is 3.51. The highest BCUT2D eigenvalue weighted by molar-refractivity contribution is 6.30. The van der Waals surface area contributed by atoms with Gasteiger partial charge in [-0.2, -0.15) is 5.10 Å². The molecule has 106 valence electrons. The second-order valence-corrected chi connectivity index (χ2v) is 4.90. The van der Waals surface area contributed by atoms with E-state index in [9.17, 15) is 9.90 Å². The second-order valence-electron chi connectivity index (χ2n) is 4.46. The van der Waals surface area contributed by atoms with Crippen LogP contribution in [0.3, 0.4) is 0 Å². The minimum atomic E-state index is -0.957. The number of nitrogens with one attached hydrogen (secondary N) is 1. The van der Waals surface area contributed by atoms with Crippen LogP contribution < -0.4 is 5.32 Å². The predicted octanol–water partition coefficient (Wildman–Crippen LogP) is 3.18. The molecule has 20 heavy (non-hydrogen) atoms. The Labute approximate surface area is 122 Å². The second kappa shape index (κ2) is 6.43. The molecule has 0 bridgehead atoms. The van der Waals surface area contributed by atoms with Gasteiger partial charge in [0.05, 0.1) is 6.20 Å². The molecule has 1 aromatic heterocycles. The molecule has 1 unspecified atom stereocenters. The normalized spacial score (nSPS) is 12.1. The van der Waals surface area contributed by atoms with Crippen molar-refractivity contribution in [3.05, 3.63) is 47.2 Å². The molecule has 5 nitrogen and oxygen atoms in total. The van der Waals surface area contributed by atoms with E-state index < -0.39 is 12.0 Å². The van der Waals surface area contributed by atoms with Crippen LogP contribution in [0.25, 0.3) is 0 Å². The molecule has 0 spiro atoms. The number of aryl methyl sites for hydroxylation is 1. The van der Waals surface area contributed by atoms with E-state index in [1.54, 1.807) is 41.3 Å². The Hall–Kier alpha value is -2.01. The summed E-state index contributed by atoms with van der Waals surface area (Å²) in [5.74, 6) is -0.957. The third-order valence-electron chi connectivity index (χ3n) is 2.82. The van der Waals surface area contributed by atoms with Crippen molar-refractivity contribution in [3.63, 3.8) is 0 Å². The van der Waals surface area contributed by atoms with E-state index >= 15 is 0 Å². The van der Waals surface area contributed by atoms with Gasteiger partial charge in [-0.05, 0) is 24.6 Å². The fraction of sp³-hybridized carbons (Fsp3) is 0.286. The number of benzene rings is 1. The Morgan fingerprint density at radius 1 is 1.55 bits per heavy atom. The summed E-state index contributed by atoms with van der Waals surface area (Å²) < 4.78 is 1.74. The summed E-state index contributed by atoms with van der Waals surface area (Å²) in [6, 6.07) is 6.12. The number of anilines is 1. The number of rotatable bonds is 6. The Balaban J connectivity index is 2.20. The van der Waals surface area contributed by atoms with Gasteiger partial charge in [-0.1, -0.05) is 24.6 Å². The minimum absolute atomic E-state index is 0.556. The number of nitrogens with zero attached hydrogens (tertiary/aromatic N) is 2. The first-order valence-corrected chi connectivity index (χ1v) is 6.75. The molecule has 0 aliphatic heterocycles. The van der Waals surface area contributed by atoms with E-state index in [2.05, 4.69) is 10.4 Å². The quantitative estimate of drug-likeness (QED) is 0.858. The van der Waals surface area contributed by atoms with Gasteiger partial charge in [-0.25, -0.2) is 4.79 Å². The lowest BCUT2D eigenvalue weighted by atomic mass is 10.1. The SMILES string of the molecule is CCCn1cc(C(Nc2cccc(Cl)c2)C(=O)O)cn1. The predicted molar refractivity (Wildman–Crippen MR) is 78.0 cm³/mol. The number of hydrogen-bond acceptors (Lipinski definition) is 3. The van der Waals surface area contributed by atoms with Crippen LogP contribution in [0.5, 0.6) is 0 Å². The number of hydrogen-bond donors (Lipinski definition) is 2. The zero-order valence-electron chi connectivity index (χ0n) is 11.1. The highest BCUT2D eigenvalue weighted by Gasteiger charge is 2.21. The van der Waals surface area contributed by atoms with Crippen molar-refractivity contribution in [3.8, 4) is 0 Å². The smallest absolute Gasteiger partial charge is 0.330 e. The molecule has 0 aliphatic rings. The van der Waals surface area contributed by atoms with Crippen molar-refractivity contribution in [1.29, 1.82) is 0 Å². The Kier molecular flexibility index (Phi) is 4.63. The van der Waals surface area contributed by atoms with E-state index in [1.807, 2.05) is 6.92 Å². The molecule has 0 radical (unpaired) electrons. The maximum Gasteiger partial charge on any atom is 0.330 e. The maximum absolute atomic E-state index is 11.4. The van der Waals surface area contributed by atoms with Crippen molar-refractivity contribution < 1.29 is 9.90 Å². The molecular formula is C14H16ClN3O2. The van der Waals surface area contributed by atoms with Crippen LogP contribution in [0.4, 0.5) is 5.69 Å². The molecule has 1 heterocycles. The molecule has 0 aliphatic carbocycles.